The zero-order chi connectivity index (χ0) is 11.3. The minimum atomic E-state index is -0.174. The monoisotopic (exact) mass is 213 g/mol. The first-order valence-corrected chi connectivity index (χ1v) is 5.38. The highest BCUT2D eigenvalue weighted by molar-refractivity contribution is 5.87. The van der Waals surface area contributed by atoms with Crippen LogP contribution < -0.4 is 16.0 Å². The molecular weight excluding hydrogens is 194 g/mol. The van der Waals surface area contributed by atoms with Crippen LogP contribution in [-0.4, -0.2) is 37.5 Å². The Kier molecular flexibility index (Phi) is 4.55. The number of likely N-dealkylation sites (N-methyl/N-ethyl adjacent to an activating group) is 1. The van der Waals surface area contributed by atoms with Crippen LogP contribution in [0.3, 0.4) is 0 Å². The van der Waals surface area contributed by atoms with Crippen molar-refractivity contribution in [1.82, 2.24) is 16.0 Å². The molecule has 1 aliphatic rings. The fraction of sp³-hybridized carbons (Fsp3) is 0.800. The molecule has 0 saturated carbocycles. The highest BCUT2D eigenvalue weighted by Crippen LogP contribution is 2.11. The summed E-state index contributed by atoms with van der Waals surface area (Å²) >= 11 is 0. The van der Waals surface area contributed by atoms with Crippen LogP contribution in [-0.2, 0) is 9.59 Å². The molecule has 0 aromatic carbocycles. The van der Waals surface area contributed by atoms with E-state index in [1.807, 2.05) is 0 Å². The zero-order valence-electron chi connectivity index (χ0n) is 9.30. The lowest BCUT2D eigenvalue weighted by molar-refractivity contribution is -0.127. The van der Waals surface area contributed by atoms with E-state index in [4.69, 9.17) is 0 Å². The molecule has 3 N–H and O–H groups in total. The summed E-state index contributed by atoms with van der Waals surface area (Å²) in [5, 5.41) is 8.28. The van der Waals surface area contributed by atoms with Crippen LogP contribution in [0.25, 0.3) is 0 Å². The Labute approximate surface area is 90.0 Å². The van der Waals surface area contributed by atoms with Gasteiger partial charge in [-0.15, -0.1) is 0 Å². The van der Waals surface area contributed by atoms with E-state index in [0.717, 1.165) is 19.3 Å². The van der Waals surface area contributed by atoms with Gasteiger partial charge in [0.1, 0.15) is 0 Å². The predicted octanol–water partition coefficient (Wildman–Crippen LogP) is -0.621. The molecule has 1 heterocycles. The van der Waals surface area contributed by atoms with E-state index in [1.54, 1.807) is 7.05 Å². The fourth-order valence-electron chi connectivity index (χ4n) is 1.72. The van der Waals surface area contributed by atoms with Crippen molar-refractivity contribution < 1.29 is 9.59 Å². The first-order valence-electron chi connectivity index (χ1n) is 5.38. The third-order valence-corrected chi connectivity index (χ3v) is 2.63. The van der Waals surface area contributed by atoms with Gasteiger partial charge in [0.2, 0.25) is 11.8 Å². The fourth-order valence-corrected chi connectivity index (χ4v) is 1.72. The lowest BCUT2D eigenvalue weighted by Crippen LogP contribution is -2.51. The Morgan fingerprint density at radius 2 is 2.13 bits per heavy atom. The molecule has 15 heavy (non-hydrogen) atoms. The minimum Gasteiger partial charge on any atom is -0.358 e. The lowest BCUT2D eigenvalue weighted by Gasteiger charge is -2.27. The number of amides is 2. The summed E-state index contributed by atoms with van der Waals surface area (Å²) in [6, 6.07) is 0.243. The molecule has 0 bridgehead atoms. The van der Waals surface area contributed by atoms with E-state index in [1.165, 1.54) is 0 Å². The van der Waals surface area contributed by atoms with Crippen molar-refractivity contribution in [2.45, 2.75) is 38.3 Å². The molecule has 0 aromatic rings. The van der Waals surface area contributed by atoms with E-state index < -0.39 is 0 Å². The van der Waals surface area contributed by atoms with Crippen LogP contribution in [0.4, 0.5) is 0 Å². The van der Waals surface area contributed by atoms with Crippen molar-refractivity contribution in [2.75, 3.05) is 13.6 Å². The van der Waals surface area contributed by atoms with Crippen LogP contribution in [0.1, 0.15) is 26.2 Å². The Hall–Kier alpha value is -1.10. The quantitative estimate of drug-likeness (QED) is 0.585. The number of carbonyl (C=O) groups excluding carboxylic acids is 2. The first kappa shape index (κ1) is 12.0. The molecule has 5 heteroatoms. The highest BCUT2D eigenvalue weighted by Gasteiger charge is 2.23. The molecule has 86 valence electrons. The largest absolute Gasteiger partial charge is 0.358 e. The van der Waals surface area contributed by atoms with Crippen LogP contribution >= 0.6 is 0 Å². The Balaban J connectivity index is 2.30. The van der Waals surface area contributed by atoms with Crippen LogP contribution in [0.2, 0.25) is 0 Å². The lowest BCUT2D eigenvalue weighted by atomic mass is 9.99. The van der Waals surface area contributed by atoms with Gasteiger partial charge in [0.15, 0.2) is 0 Å². The van der Waals surface area contributed by atoms with Crippen LogP contribution in [0.5, 0.6) is 0 Å². The summed E-state index contributed by atoms with van der Waals surface area (Å²) in [6.45, 7) is 2.13. The molecule has 2 amide bonds. The van der Waals surface area contributed by atoms with Crippen LogP contribution in [0.15, 0.2) is 0 Å². The molecule has 1 saturated heterocycles. The first-order chi connectivity index (χ1) is 7.13. The summed E-state index contributed by atoms with van der Waals surface area (Å²) in [7, 11) is 1.55. The third-order valence-electron chi connectivity index (χ3n) is 2.63. The summed E-state index contributed by atoms with van der Waals surface area (Å²) in [4.78, 5) is 22.5. The van der Waals surface area contributed by atoms with Gasteiger partial charge in [0, 0.05) is 13.1 Å². The number of hydrogen-bond donors (Lipinski definition) is 3. The maximum atomic E-state index is 11.6. The van der Waals surface area contributed by atoms with E-state index in [9.17, 15) is 9.59 Å². The Morgan fingerprint density at radius 1 is 1.40 bits per heavy atom. The van der Waals surface area contributed by atoms with E-state index in [2.05, 4.69) is 22.9 Å². The van der Waals surface area contributed by atoms with Gasteiger partial charge in [0.05, 0.1) is 12.6 Å². The van der Waals surface area contributed by atoms with Gasteiger partial charge >= 0.3 is 0 Å². The maximum absolute atomic E-state index is 11.6. The van der Waals surface area contributed by atoms with Gasteiger partial charge in [-0.3, -0.25) is 9.59 Å². The second-order valence-corrected chi connectivity index (χ2v) is 3.94. The topological polar surface area (TPSA) is 70.2 Å². The molecule has 1 fully saturated rings. The molecule has 0 radical (unpaired) electrons. The smallest absolute Gasteiger partial charge is 0.239 e. The zero-order valence-corrected chi connectivity index (χ0v) is 9.30. The summed E-state index contributed by atoms with van der Waals surface area (Å²) in [5.41, 5.74) is 0. The van der Waals surface area contributed by atoms with Crippen molar-refractivity contribution in [2.24, 2.45) is 0 Å². The Bertz CT molecular complexity index is 243. The number of rotatable bonds is 3. The van der Waals surface area contributed by atoms with Crippen molar-refractivity contribution in [3.63, 3.8) is 0 Å². The highest BCUT2D eigenvalue weighted by atomic mass is 16.2. The molecule has 2 unspecified atom stereocenters. The molecule has 0 spiro atoms. The minimum absolute atomic E-state index is 0.0574. The van der Waals surface area contributed by atoms with E-state index in [-0.39, 0.29) is 24.4 Å². The molecule has 2 atom stereocenters. The average molecular weight is 213 g/mol. The second kappa shape index (κ2) is 5.70. The molecular formula is C10H19N3O2. The second-order valence-electron chi connectivity index (χ2n) is 3.94. The molecule has 0 aromatic heterocycles. The van der Waals surface area contributed by atoms with Crippen molar-refractivity contribution in [3.8, 4) is 0 Å². The number of carbonyl (C=O) groups is 2. The van der Waals surface area contributed by atoms with Gasteiger partial charge in [-0.1, -0.05) is 0 Å². The standard InChI is InChI=1S/C10H19N3O2/c1-7-4-3-5-8(13-7)10(15)12-6-9(14)11-2/h7-8,13H,3-6H2,1-2H3,(H,11,14)(H,12,15). The number of piperidine rings is 1. The molecule has 5 nitrogen and oxygen atoms in total. The van der Waals surface area contributed by atoms with Gasteiger partial charge < -0.3 is 16.0 Å². The van der Waals surface area contributed by atoms with Gasteiger partial charge in [-0.05, 0) is 26.2 Å². The Morgan fingerprint density at radius 3 is 2.73 bits per heavy atom. The van der Waals surface area contributed by atoms with Crippen molar-refractivity contribution >= 4 is 11.8 Å². The van der Waals surface area contributed by atoms with Crippen molar-refractivity contribution in [1.29, 1.82) is 0 Å². The summed E-state index contributed by atoms with van der Waals surface area (Å²) in [5.74, 6) is -0.252. The normalized spacial score (nSPS) is 25.7. The molecule has 1 rings (SSSR count). The summed E-state index contributed by atoms with van der Waals surface area (Å²) in [6.07, 6.45) is 3.02. The number of hydrogen-bond acceptors (Lipinski definition) is 3. The molecule has 0 aliphatic carbocycles. The predicted molar refractivity (Wildman–Crippen MR) is 57.3 cm³/mol. The van der Waals surface area contributed by atoms with Crippen molar-refractivity contribution in [3.05, 3.63) is 0 Å². The summed E-state index contributed by atoms with van der Waals surface area (Å²) < 4.78 is 0. The average Bonchev–Trinajstić information content (AvgIpc) is 2.25. The van der Waals surface area contributed by atoms with E-state index in [0.29, 0.717) is 6.04 Å². The third kappa shape index (κ3) is 3.87. The maximum Gasteiger partial charge on any atom is 0.239 e. The van der Waals surface area contributed by atoms with E-state index >= 15 is 0 Å². The molecule has 1 aliphatic heterocycles. The van der Waals surface area contributed by atoms with Gasteiger partial charge in [-0.2, -0.15) is 0 Å². The van der Waals surface area contributed by atoms with Crippen LogP contribution in [0, 0.1) is 0 Å². The SMILES string of the molecule is CNC(=O)CNC(=O)C1CCCC(C)N1. The number of nitrogens with one attached hydrogen (secondary N) is 3. The van der Waals surface area contributed by atoms with Gasteiger partial charge in [0.25, 0.3) is 0 Å². The van der Waals surface area contributed by atoms with Gasteiger partial charge in [-0.25, -0.2) is 0 Å².